The van der Waals surface area contributed by atoms with E-state index in [1.54, 1.807) is 40.6 Å². The first-order valence-electron chi connectivity index (χ1n) is 8.93. The van der Waals surface area contributed by atoms with Crippen LogP contribution in [0.1, 0.15) is 35.6 Å². The molecule has 2 bridgehead atoms. The van der Waals surface area contributed by atoms with Crippen molar-refractivity contribution in [3.63, 3.8) is 0 Å². The van der Waals surface area contributed by atoms with Crippen LogP contribution in [0.4, 0.5) is 0 Å². The summed E-state index contributed by atoms with van der Waals surface area (Å²) >= 11 is 0. The van der Waals surface area contributed by atoms with Crippen molar-refractivity contribution in [2.24, 2.45) is 0 Å². The lowest BCUT2D eigenvalue weighted by Crippen LogP contribution is -2.43. The van der Waals surface area contributed by atoms with Gasteiger partial charge < -0.3 is 28.8 Å². The first-order chi connectivity index (χ1) is 13.1. The van der Waals surface area contributed by atoms with Gasteiger partial charge in [0.25, 0.3) is 0 Å². The van der Waals surface area contributed by atoms with E-state index < -0.39 is 5.60 Å². The molecule has 0 aromatic heterocycles. The molecule has 4 rings (SSSR count). The third kappa shape index (κ3) is 2.55. The van der Waals surface area contributed by atoms with Gasteiger partial charge in [-0.3, -0.25) is 0 Å². The van der Waals surface area contributed by atoms with Gasteiger partial charge in [0, 0.05) is 5.56 Å². The van der Waals surface area contributed by atoms with Crippen molar-refractivity contribution in [2.45, 2.75) is 30.7 Å². The highest BCUT2D eigenvalue weighted by atomic mass is 16.5. The average molecular weight is 372 g/mol. The maximum atomic E-state index is 11.9. The maximum absolute atomic E-state index is 11.9. The Hall–Kier alpha value is -2.44. The number of rotatable bonds is 5. The number of hydrogen-bond donors (Lipinski definition) is 1. The first-order valence-corrected chi connectivity index (χ1v) is 8.93. The highest BCUT2D eigenvalue weighted by Crippen LogP contribution is 2.54. The largest absolute Gasteiger partial charge is 0.493 e. The summed E-state index contributed by atoms with van der Waals surface area (Å²) in [4.78, 5) is 0. The Labute approximate surface area is 158 Å². The minimum Gasteiger partial charge on any atom is -0.493 e. The standard InChI is InChI=1S/C21H24O6/c1-23-16-6-5-12(9-17(16)24-2)21(22)14-11-19(26-4)18(25-3)10-13(14)15-7-8-20(21)27-15/h5-6,9-11,15,20,22H,7-8H2,1-4H3/t15-,20+,21+/m0/s1. The fraction of sp³-hybridized carbons (Fsp3) is 0.429. The summed E-state index contributed by atoms with van der Waals surface area (Å²) in [5, 5.41) is 11.9. The Morgan fingerprint density at radius 3 is 2.15 bits per heavy atom. The summed E-state index contributed by atoms with van der Waals surface area (Å²) in [5.74, 6) is 2.38. The van der Waals surface area contributed by atoms with E-state index in [2.05, 4.69) is 0 Å². The molecule has 0 unspecified atom stereocenters. The number of fused-ring (bicyclic) bond motifs is 4. The molecule has 2 aliphatic rings. The van der Waals surface area contributed by atoms with E-state index in [1.165, 1.54) is 0 Å². The van der Waals surface area contributed by atoms with Crippen LogP contribution in [0, 0.1) is 0 Å². The van der Waals surface area contributed by atoms with Crippen LogP contribution in [-0.4, -0.2) is 39.6 Å². The highest BCUT2D eigenvalue weighted by molar-refractivity contribution is 5.56. The molecule has 3 atom stereocenters. The van der Waals surface area contributed by atoms with Crippen molar-refractivity contribution in [1.29, 1.82) is 0 Å². The molecule has 1 N–H and O–H groups in total. The molecule has 27 heavy (non-hydrogen) atoms. The normalized spacial score (nSPS) is 25.7. The van der Waals surface area contributed by atoms with E-state index in [9.17, 15) is 5.11 Å². The predicted octanol–water partition coefficient (Wildman–Crippen LogP) is 3.19. The number of hydrogen-bond acceptors (Lipinski definition) is 6. The van der Waals surface area contributed by atoms with Crippen molar-refractivity contribution in [3.05, 3.63) is 47.0 Å². The quantitative estimate of drug-likeness (QED) is 0.870. The summed E-state index contributed by atoms with van der Waals surface area (Å²) in [5.41, 5.74) is 1.09. The third-order valence-corrected chi connectivity index (χ3v) is 5.62. The zero-order chi connectivity index (χ0) is 19.2. The molecule has 0 aliphatic carbocycles. The van der Waals surface area contributed by atoms with Crippen LogP contribution < -0.4 is 18.9 Å². The van der Waals surface area contributed by atoms with Gasteiger partial charge in [0.15, 0.2) is 23.0 Å². The van der Waals surface area contributed by atoms with Crippen LogP contribution in [0.25, 0.3) is 0 Å². The molecular formula is C21H24O6. The molecule has 0 spiro atoms. The van der Waals surface area contributed by atoms with Gasteiger partial charge in [0.05, 0.1) is 40.6 Å². The average Bonchev–Trinajstić information content (AvgIpc) is 3.18. The molecule has 2 aromatic carbocycles. The molecule has 1 saturated heterocycles. The lowest BCUT2D eigenvalue weighted by molar-refractivity contribution is -0.102. The van der Waals surface area contributed by atoms with E-state index in [-0.39, 0.29) is 12.2 Å². The van der Waals surface area contributed by atoms with Crippen LogP contribution in [-0.2, 0) is 10.3 Å². The summed E-state index contributed by atoms with van der Waals surface area (Å²) in [6.07, 6.45) is 1.22. The van der Waals surface area contributed by atoms with Gasteiger partial charge >= 0.3 is 0 Å². The van der Waals surface area contributed by atoms with Crippen LogP contribution in [0.5, 0.6) is 23.0 Å². The van der Waals surface area contributed by atoms with Crippen LogP contribution in [0.3, 0.4) is 0 Å². The maximum Gasteiger partial charge on any atom is 0.161 e. The molecule has 2 aromatic rings. The molecule has 2 heterocycles. The second-order valence-corrected chi connectivity index (χ2v) is 6.82. The molecule has 144 valence electrons. The van der Waals surface area contributed by atoms with Crippen molar-refractivity contribution in [3.8, 4) is 23.0 Å². The van der Waals surface area contributed by atoms with Crippen LogP contribution in [0.2, 0.25) is 0 Å². The van der Waals surface area contributed by atoms with Crippen molar-refractivity contribution < 1.29 is 28.8 Å². The second-order valence-electron chi connectivity index (χ2n) is 6.82. The lowest BCUT2D eigenvalue weighted by Gasteiger charge is -2.40. The highest BCUT2D eigenvalue weighted by Gasteiger charge is 2.52. The Bertz CT molecular complexity index is 864. The molecule has 6 heteroatoms. The molecule has 0 radical (unpaired) electrons. The van der Waals surface area contributed by atoms with E-state index in [1.807, 2.05) is 18.2 Å². The van der Waals surface area contributed by atoms with Crippen molar-refractivity contribution >= 4 is 0 Å². The van der Waals surface area contributed by atoms with Gasteiger partial charge in [0.2, 0.25) is 0 Å². The van der Waals surface area contributed by atoms with Gasteiger partial charge in [-0.25, -0.2) is 0 Å². The summed E-state index contributed by atoms with van der Waals surface area (Å²) < 4.78 is 27.9. The lowest BCUT2D eigenvalue weighted by atomic mass is 9.78. The molecule has 0 saturated carbocycles. The number of methoxy groups -OCH3 is 4. The Morgan fingerprint density at radius 1 is 0.852 bits per heavy atom. The topological polar surface area (TPSA) is 66.4 Å². The zero-order valence-corrected chi connectivity index (χ0v) is 15.9. The SMILES string of the molecule is COc1ccc([C@@]2(O)c3cc(OC)c(OC)cc3[C@@H]3CC[C@H]2O3)cc1OC. The molecule has 0 amide bonds. The fourth-order valence-corrected chi connectivity index (χ4v) is 4.25. The Kier molecular flexibility index (Phi) is 4.40. The van der Waals surface area contributed by atoms with E-state index in [4.69, 9.17) is 23.7 Å². The van der Waals surface area contributed by atoms with Crippen LogP contribution in [0.15, 0.2) is 30.3 Å². The molecule has 2 aliphatic heterocycles. The summed E-state index contributed by atoms with van der Waals surface area (Å²) in [6, 6.07) is 9.23. The number of aliphatic hydroxyl groups is 1. The molecular weight excluding hydrogens is 348 g/mol. The number of benzene rings is 2. The third-order valence-electron chi connectivity index (χ3n) is 5.62. The molecule has 1 fully saturated rings. The van der Waals surface area contributed by atoms with E-state index >= 15 is 0 Å². The monoisotopic (exact) mass is 372 g/mol. The Balaban J connectivity index is 1.93. The first kappa shape index (κ1) is 17.9. The van der Waals surface area contributed by atoms with Crippen molar-refractivity contribution in [1.82, 2.24) is 0 Å². The smallest absolute Gasteiger partial charge is 0.161 e. The van der Waals surface area contributed by atoms with Crippen molar-refractivity contribution in [2.75, 3.05) is 28.4 Å². The van der Waals surface area contributed by atoms with E-state index in [0.29, 0.717) is 28.6 Å². The fourth-order valence-electron chi connectivity index (χ4n) is 4.25. The minimum atomic E-state index is -1.32. The van der Waals surface area contributed by atoms with Gasteiger partial charge in [-0.1, -0.05) is 6.07 Å². The van der Waals surface area contributed by atoms with Gasteiger partial charge in [0.1, 0.15) is 5.60 Å². The van der Waals surface area contributed by atoms with Gasteiger partial charge in [-0.05, 0) is 48.2 Å². The summed E-state index contributed by atoms with van der Waals surface area (Å²) in [7, 11) is 6.36. The van der Waals surface area contributed by atoms with Gasteiger partial charge in [-0.2, -0.15) is 0 Å². The Morgan fingerprint density at radius 2 is 1.48 bits per heavy atom. The summed E-state index contributed by atoms with van der Waals surface area (Å²) in [6.45, 7) is 0. The van der Waals surface area contributed by atoms with Crippen LogP contribution >= 0.6 is 0 Å². The van der Waals surface area contributed by atoms with Gasteiger partial charge in [-0.15, -0.1) is 0 Å². The number of ether oxygens (including phenoxy) is 5. The predicted molar refractivity (Wildman–Crippen MR) is 98.9 cm³/mol. The second kappa shape index (κ2) is 6.62. The minimum absolute atomic E-state index is 0.0507. The zero-order valence-electron chi connectivity index (χ0n) is 15.9. The van der Waals surface area contributed by atoms with E-state index in [0.717, 1.165) is 24.0 Å². The molecule has 6 nitrogen and oxygen atoms in total.